The van der Waals surface area contributed by atoms with Crippen LogP contribution in [0.4, 0.5) is 0 Å². The van der Waals surface area contributed by atoms with Gasteiger partial charge in [0.1, 0.15) is 5.75 Å². The van der Waals surface area contributed by atoms with Crippen molar-refractivity contribution in [2.24, 2.45) is 0 Å². The topological polar surface area (TPSA) is 101 Å². The molecule has 0 aliphatic heterocycles. The van der Waals surface area contributed by atoms with E-state index >= 15 is 0 Å². The molecule has 0 bridgehead atoms. The minimum absolute atomic E-state index is 0.0404. The van der Waals surface area contributed by atoms with E-state index in [-0.39, 0.29) is 18.6 Å². The van der Waals surface area contributed by atoms with Crippen molar-refractivity contribution < 1.29 is 23.1 Å². The third kappa shape index (κ3) is 8.22. The number of carboxylic acids is 1. The molecule has 0 atom stereocenters. The molecule has 0 fully saturated rings. The fraction of sp³-hybridized carbons (Fsp3) is 0.778. The van der Waals surface area contributed by atoms with Crippen molar-refractivity contribution in [3.8, 4) is 0 Å². The summed E-state index contributed by atoms with van der Waals surface area (Å²) >= 11 is 0. The van der Waals surface area contributed by atoms with Crippen molar-refractivity contribution >= 4 is 21.7 Å². The minimum Gasteiger partial charge on any atom is -0.481 e. The van der Waals surface area contributed by atoms with Crippen molar-refractivity contribution in [1.82, 2.24) is 5.32 Å². The van der Waals surface area contributed by atoms with Crippen LogP contribution in [0.15, 0.2) is 0 Å². The number of hydrogen-bond donors (Lipinski definition) is 2. The fourth-order valence-corrected chi connectivity index (χ4v) is 2.26. The van der Waals surface area contributed by atoms with Crippen molar-refractivity contribution in [3.63, 3.8) is 0 Å². The van der Waals surface area contributed by atoms with Crippen LogP contribution in [0.25, 0.3) is 0 Å². The normalized spacial score (nSPS) is 11.1. The highest BCUT2D eigenvalue weighted by atomic mass is 32.2. The maximum atomic E-state index is 11.3. The van der Waals surface area contributed by atoms with Crippen LogP contribution < -0.4 is 5.32 Å². The van der Waals surface area contributed by atoms with Crippen molar-refractivity contribution in [2.45, 2.75) is 26.2 Å². The number of aliphatic carboxylic acids is 1. The van der Waals surface area contributed by atoms with Gasteiger partial charge in [0.2, 0.25) is 5.91 Å². The van der Waals surface area contributed by atoms with E-state index in [0.717, 1.165) is 6.42 Å². The second kappa shape index (κ2) is 7.21. The summed E-state index contributed by atoms with van der Waals surface area (Å²) in [5.41, 5.74) is 0. The van der Waals surface area contributed by atoms with E-state index in [4.69, 9.17) is 5.11 Å². The summed E-state index contributed by atoms with van der Waals surface area (Å²) < 4.78 is 22.7. The SMILES string of the molecule is CCCNC(=O)CS(=O)(=O)CCCC(=O)O. The third-order valence-corrected chi connectivity index (χ3v) is 3.38. The lowest BCUT2D eigenvalue weighted by molar-refractivity contribution is -0.137. The van der Waals surface area contributed by atoms with Crippen LogP contribution in [0.5, 0.6) is 0 Å². The highest BCUT2D eigenvalue weighted by Crippen LogP contribution is 1.97. The maximum absolute atomic E-state index is 11.3. The van der Waals surface area contributed by atoms with Gasteiger partial charge in [-0.25, -0.2) is 8.42 Å². The molecule has 7 heteroatoms. The number of carboxylic acid groups (broad SMARTS) is 1. The summed E-state index contributed by atoms with van der Waals surface area (Å²) in [6.45, 7) is 2.31. The Balaban J connectivity index is 3.95. The zero-order valence-corrected chi connectivity index (χ0v) is 10.0. The van der Waals surface area contributed by atoms with Crippen LogP contribution in [-0.2, 0) is 19.4 Å². The zero-order chi connectivity index (χ0) is 12.6. The Kier molecular flexibility index (Phi) is 6.71. The van der Waals surface area contributed by atoms with Gasteiger partial charge in [-0.3, -0.25) is 9.59 Å². The summed E-state index contributed by atoms with van der Waals surface area (Å²) in [5, 5.41) is 10.8. The first kappa shape index (κ1) is 14.9. The average molecular weight is 251 g/mol. The Bertz CT molecular complexity index is 336. The number of amides is 1. The van der Waals surface area contributed by atoms with Crippen LogP contribution >= 0.6 is 0 Å². The van der Waals surface area contributed by atoms with Gasteiger partial charge in [-0.05, 0) is 12.8 Å². The Labute approximate surface area is 95.0 Å². The largest absolute Gasteiger partial charge is 0.481 e. The molecule has 0 rings (SSSR count). The quantitative estimate of drug-likeness (QED) is 0.621. The fourth-order valence-electron chi connectivity index (χ4n) is 1.03. The lowest BCUT2D eigenvalue weighted by atomic mass is 10.3. The monoisotopic (exact) mass is 251 g/mol. The molecule has 0 aliphatic rings. The molecule has 0 unspecified atom stereocenters. The van der Waals surface area contributed by atoms with Crippen LogP contribution in [0.3, 0.4) is 0 Å². The Morgan fingerprint density at radius 1 is 1.31 bits per heavy atom. The highest BCUT2D eigenvalue weighted by Gasteiger charge is 2.16. The number of sulfone groups is 1. The highest BCUT2D eigenvalue weighted by molar-refractivity contribution is 7.92. The molecule has 6 nitrogen and oxygen atoms in total. The van der Waals surface area contributed by atoms with Crippen molar-refractivity contribution in [2.75, 3.05) is 18.1 Å². The molecular weight excluding hydrogens is 234 g/mol. The molecule has 94 valence electrons. The second-order valence-corrected chi connectivity index (χ2v) is 5.62. The zero-order valence-electron chi connectivity index (χ0n) is 9.23. The summed E-state index contributed by atoms with van der Waals surface area (Å²) in [5.74, 6) is -2.39. The molecule has 0 saturated heterocycles. The van der Waals surface area contributed by atoms with Gasteiger partial charge in [-0.1, -0.05) is 6.92 Å². The van der Waals surface area contributed by atoms with Gasteiger partial charge in [-0.2, -0.15) is 0 Å². The molecule has 0 aromatic heterocycles. The van der Waals surface area contributed by atoms with Gasteiger partial charge < -0.3 is 10.4 Å². The molecule has 1 amide bonds. The van der Waals surface area contributed by atoms with Gasteiger partial charge in [0.15, 0.2) is 9.84 Å². The number of nitrogens with one attached hydrogen (secondary N) is 1. The van der Waals surface area contributed by atoms with Gasteiger partial charge >= 0.3 is 5.97 Å². The van der Waals surface area contributed by atoms with E-state index in [0.29, 0.717) is 6.54 Å². The van der Waals surface area contributed by atoms with E-state index < -0.39 is 27.5 Å². The maximum Gasteiger partial charge on any atom is 0.303 e. The second-order valence-electron chi connectivity index (χ2n) is 3.44. The van der Waals surface area contributed by atoms with E-state index in [2.05, 4.69) is 5.32 Å². The van der Waals surface area contributed by atoms with Gasteiger partial charge in [0, 0.05) is 13.0 Å². The summed E-state index contributed by atoms with van der Waals surface area (Å²) in [7, 11) is -3.48. The molecule has 0 aliphatic carbocycles. The van der Waals surface area contributed by atoms with Crippen molar-refractivity contribution in [3.05, 3.63) is 0 Å². The molecule has 0 saturated carbocycles. The Hall–Kier alpha value is -1.11. The predicted molar refractivity (Wildman–Crippen MR) is 58.8 cm³/mol. The first-order chi connectivity index (χ1) is 7.37. The first-order valence-electron chi connectivity index (χ1n) is 5.06. The molecule has 0 aromatic carbocycles. The Morgan fingerprint density at radius 2 is 1.94 bits per heavy atom. The summed E-state index contributed by atoms with van der Waals surface area (Å²) in [6, 6.07) is 0. The van der Waals surface area contributed by atoms with E-state index in [9.17, 15) is 18.0 Å². The lowest BCUT2D eigenvalue weighted by Gasteiger charge is -2.04. The number of carbonyl (C=O) groups excluding carboxylic acids is 1. The molecule has 0 aromatic rings. The van der Waals surface area contributed by atoms with Gasteiger partial charge in [0.25, 0.3) is 0 Å². The smallest absolute Gasteiger partial charge is 0.303 e. The molecule has 0 radical (unpaired) electrons. The summed E-state index contributed by atoms with van der Waals surface area (Å²) in [6.07, 6.45) is 0.583. The summed E-state index contributed by atoms with van der Waals surface area (Å²) in [4.78, 5) is 21.3. The number of rotatable bonds is 8. The van der Waals surface area contributed by atoms with Crippen LogP contribution in [0.1, 0.15) is 26.2 Å². The predicted octanol–water partition coefficient (Wildman–Crippen LogP) is -0.208. The van der Waals surface area contributed by atoms with Gasteiger partial charge in [0.05, 0.1) is 5.75 Å². The average Bonchev–Trinajstić information content (AvgIpc) is 2.12. The Morgan fingerprint density at radius 3 is 2.44 bits per heavy atom. The molecule has 0 heterocycles. The van der Waals surface area contributed by atoms with Gasteiger partial charge in [-0.15, -0.1) is 0 Å². The van der Waals surface area contributed by atoms with E-state index in [1.165, 1.54) is 0 Å². The lowest BCUT2D eigenvalue weighted by Crippen LogP contribution is -2.31. The molecule has 2 N–H and O–H groups in total. The van der Waals surface area contributed by atoms with Crippen LogP contribution in [-0.4, -0.2) is 43.5 Å². The standard InChI is InChI=1S/C9H17NO5S/c1-2-5-10-8(11)7-16(14,15)6-3-4-9(12)13/h2-7H2,1H3,(H,10,11)(H,12,13). The van der Waals surface area contributed by atoms with E-state index in [1.807, 2.05) is 6.92 Å². The van der Waals surface area contributed by atoms with Crippen LogP contribution in [0, 0.1) is 0 Å². The minimum atomic E-state index is -3.48. The van der Waals surface area contributed by atoms with Crippen molar-refractivity contribution in [1.29, 1.82) is 0 Å². The number of carbonyl (C=O) groups is 2. The first-order valence-corrected chi connectivity index (χ1v) is 6.88. The number of hydrogen-bond acceptors (Lipinski definition) is 4. The third-order valence-electron chi connectivity index (χ3n) is 1.77. The molecule has 16 heavy (non-hydrogen) atoms. The van der Waals surface area contributed by atoms with E-state index in [1.54, 1.807) is 0 Å². The molecular formula is C9H17NO5S. The van der Waals surface area contributed by atoms with Crippen LogP contribution in [0.2, 0.25) is 0 Å². The molecule has 0 spiro atoms.